The summed E-state index contributed by atoms with van der Waals surface area (Å²) in [5.74, 6) is 1.40. The van der Waals surface area contributed by atoms with Gasteiger partial charge in [-0.2, -0.15) is 0 Å². The van der Waals surface area contributed by atoms with Crippen molar-refractivity contribution in [3.8, 4) is 11.6 Å². The van der Waals surface area contributed by atoms with Gasteiger partial charge in [-0.1, -0.05) is 36.4 Å². The van der Waals surface area contributed by atoms with Crippen molar-refractivity contribution >= 4 is 22.4 Å². The topological polar surface area (TPSA) is 75.4 Å². The maximum absolute atomic E-state index is 12.8. The molecule has 1 saturated heterocycles. The number of amides is 1. The maximum atomic E-state index is 12.8. The SMILES string of the molecule is CN(C)c1ccc(CC(=O)N2CCC(c3nnc(-c4nccc5ccccc45)o3)CC2)cc1. The number of carbonyl (C=O) groups excluding carboxylic acids is 1. The lowest BCUT2D eigenvalue weighted by atomic mass is 9.96. The van der Waals surface area contributed by atoms with Gasteiger partial charge in [0.15, 0.2) is 0 Å². The van der Waals surface area contributed by atoms with E-state index in [2.05, 4.69) is 20.1 Å². The number of hydrogen-bond donors (Lipinski definition) is 0. The molecule has 4 aromatic rings. The average Bonchev–Trinajstić information content (AvgIpc) is 3.34. The standard InChI is InChI=1S/C26H27N5O2/c1-30(2)21-9-7-18(8-10-21)17-23(32)31-15-12-20(13-16-31)25-28-29-26(33-25)24-22-6-4-3-5-19(22)11-14-27-24/h3-11,14,20H,12-13,15-17H2,1-2H3. The number of piperidine rings is 1. The molecule has 1 aliphatic heterocycles. The van der Waals surface area contributed by atoms with E-state index in [1.807, 2.05) is 73.6 Å². The summed E-state index contributed by atoms with van der Waals surface area (Å²) in [7, 11) is 4.02. The molecule has 0 aliphatic carbocycles. The Hall–Kier alpha value is -3.74. The van der Waals surface area contributed by atoms with Gasteiger partial charge in [0.25, 0.3) is 5.89 Å². The van der Waals surface area contributed by atoms with Gasteiger partial charge in [0.2, 0.25) is 11.8 Å². The molecule has 0 spiro atoms. The van der Waals surface area contributed by atoms with Crippen molar-refractivity contribution < 1.29 is 9.21 Å². The monoisotopic (exact) mass is 441 g/mol. The van der Waals surface area contributed by atoms with Gasteiger partial charge >= 0.3 is 0 Å². The Balaban J connectivity index is 1.22. The molecule has 0 N–H and O–H groups in total. The van der Waals surface area contributed by atoms with Gasteiger partial charge in [-0.3, -0.25) is 9.78 Å². The van der Waals surface area contributed by atoms with Crippen molar-refractivity contribution in [1.82, 2.24) is 20.1 Å². The second-order valence-electron chi connectivity index (χ2n) is 8.72. The largest absolute Gasteiger partial charge is 0.419 e. The normalized spacial score (nSPS) is 14.5. The number of hydrogen-bond acceptors (Lipinski definition) is 6. The van der Waals surface area contributed by atoms with Crippen molar-refractivity contribution in [1.29, 1.82) is 0 Å². The number of carbonyl (C=O) groups is 1. The summed E-state index contributed by atoms with van der Waals surface area (Å²) in [6, 6.07) is 18.2. The van der Waals surface area contributed by atoms with Crippen LogP contribution < -0.4 is 4.90 Å². The number of aromatic nitrogens is 3. The summed E-state index contributed by atoms with van der Waals surface area (Å²) in [5, 5.41) is 10.7. The van der Waals surface area contributed by atoms with Crippen LogP contribution in [0.4, 0.5) is 5.69 Å². The van der Waals surface area contributed by atoms with Crippen LogP contribution >= 0.6 is 0 Å². The third-order valence-electron chi connectivity index (χ3n) is 6.32. The van der Waals surface area contributed by atoms with Crippen LogP contribution in [-0.4, -0.2) is 53.2 Å². The van der Waals surface area contributed by atoms with Crippen molar-refractivity contribution in [3.05, 3.63) is 72.2 Å². The fourth-order valence-electron chi connectivity index (χ4n) is 4.36. The molecule has 0 unspecified atom stereocenters. The Morgan fingerprint density at radius 3 is 2.55 bits per heavy atom. The number of benzene rings is 2. The lowest BCUT2D eigenvalue weighted by Crippen LogP contribution is -2.38. The van der Waals surface area contributed by atoms with E-state index in [0.717, 1.165) is 34.9 Å². The highest BCUT2D eigenvalue weighted by Gasteiger charge is 2.28. The Kier molecular flexibility index (Phi) is 5.77. The third-order valence-corrected chi connectivity index (χ3v) is 6.32. The highest BCUT2D eigenvalue weighted by atomic mass is 16.4. The van der Waals surface area contributed by atoms with Gasteiger partial charge in [0.05, 0.1) is 6.42 Å². The molecule has 168 valence electrons. The summed E-state index contributed by atoms with van der Waals surface area (Å²) in [6.07, 6.45) is 3.82. The summed E-state index contributed by atoms with van der Waals surface area (Å²) < 4.78 is 6.05. The first kappa shape index (κ1) is 21.1. The number of fused-ring (bicyclic) bond motifs is 1. The zero-order valence-corrected chi connectivity index (χ0v) is 18.9. The molecule has 1 aliphatic rings. The molecule has 2 aromatic heterocycles. The van der Waals surface area contributed by atoms with Crippen LogP contribution in [0.5, 0.6) is 0 Å². The molecule has 1 fully saturated rings. The fraction of sp³-hybridized carbons (Fsp3) is 0.308. The number of likely N-dealkylation sites (tertiary alicyclic amines) is 1. The molecular formula is C26H27N5O2. The van der Waals surface area contributed by atoms with Gasteiger partial charge in [-0.15, -0.1) is 10.2 Å². The molecule has 7 nitrogen and oxygen atoms in total. The van der Waals surface area contributed by atoms with E-state index in [4.69, 9.17) is 4.42 Å². The van der Waals surface area contributed by atoms with Crippen LogP contribution in [-0.2, 0) is 11.2 Å². The summed E-state index contributed by atoms with van der Waals surface area (Å²) in [4.78, 5) is 21.3. The van der Waals surface area contributed by atoms with E-state index >= 15 is 0 Å². The first-order chi connectivity index (χ1) is 16.1. The molecule has 1 amide bonds. The molecule has 0 bridgehead atoms. The van der Waals surface area contributed by atoms with Crippen molar-refractivity contribution in [2.24, 2.45) is 0 Å². The molecule has 33 heavy (non-hydrogen) atoms. The van der Waals surface area contributed by atoms with Crippen LogP contribution in [0.2, 0.25) is 0 Å². The first-order valence-corrected chi connectivity index (χ1v) is 11.3. The quantitative estimate of drug-likeness (QED) is 0.460. The lowest BCUT2D eigenvalue weighted by molar-refractivity contribution is -0.131. The Labute approximate surface area is 193 Å². The summed E-state index contributed by atoms with van der Waals surface area (Å²) in [6.45, 7) is 1.40. The van der Waals surface area contributed by atoms with Crippen LogP contribution in [0.15, 0.2) is 65.2 Å². The molecular weight excluding hydrogens is 414 g/mol. The second kappa shape index (κ2) is 9.02. The van der Waals surface area contributed by atoms with Crippen molar-refractivity contribution in [2.45, 2.75) is 25.2 Å². The minimum absolute atomic E-state index is 0.157. The fourth-order valence-corrected chi connectivity index (χ4v) is 4.36. The van der Waals surface area contributed by atoms with Crippen LogP contribution in [0.25, 0.3) is 22.4 Å². The van der Waals surface area contributed by atoms with E-state index in [1.54, 1.807) is 6.20 Å². The average molecular weight is 442 g/mol. The van der Waals surface area contributed by atoms with E-state index in [9.17, 15) is 4.79 Å². The predicted molar refractivity (Wildman–Crippen MR) is 128 cm³/mol. The molecule has 2 aromatic carbocycles. The number of anilines is 1. The Bertz CT molecular complexity index is 1250. The van der Waals surface area contributed by atoms with Crippen LogP contribution in [0.1, 0.15) is 30.2 Å². The Morgan fingerprint density at radius 1 is 1.03 bits per heavy atom. The van der Waals surface area contributed by atoms with Gasteiger partial charge in [0.1, 0.15) is 5.69 Å². The number of pyridine rings is 1. The van der Waals surface area contributed by atoms with Crippen molar-refractivity contribution in [2.75, 3.05) is 32.1 Å². The zero-order valence-electron chi connectivity index (χ0n) is 18.9. The first-order valence-electron chi connectivity index (χ1n) is 11.3. The smallest absolute Gasteiger partial charge is 0.266 e. The predicted octanol–water partition coefficient (Wildman–Crippen LogP) is 4.30. The molecule has 0 atom stereocenters. The zero-order chi connectivity index (χ0) is 22.8. The van der Waals surface area contributed by atoms with E-state index < -0.39 is 0 Å². The van der Waals surface area contributed by atoms with E-state index in [0.29, 0.717) is 37.0 Å². The van der Waals surface area contributed by atoms with Gasteiger partial charge in [-0.25, -0.2) is 0 Å². The van der Waals surface area contributed by atoms with E-state index in [-0.39, 0.29) is 11.8 Å². The highest BCUT2D eigenvalue weighted by molar-refractivity contribution is 5.92. The molecule has 7 heteroatoms. The minimum atomic E-state index is 0.157. The Morgan fingerprint density at radius 2 is 1.79 bits per heavy atom. The lowest BCUT2D eigenvalue weighted by Gasteiger charge is -2.30. The summed E-state index contributed by atoms with van der Waals surface area (Å²) in [5.41, 5.74) is 2.88. The number of nitrogens with zero attached hydrogens (tertiary/aromatic N) is 5. The van der Waals surface area contributed by atoms with Crippen LogP contribution in [0, 0.1) is 0 Å². The second-order valence-corrected chi connectivity index (χ2v) is 8.72. The van der Waals surface area contributed by atoms with Gasteiger partial charge in [-0.05, 0) is 42.0 Å². The maximum Gasteiger partial charge on any atom is 0.266 e. The highest BCUT2D eigenvalue weighted by Crippen LogP contribution is 2.31. The van der Waals surface area contributed by atoms with Gasteiger partial charge < -0.3 is 14.2 Å². The molecule has 5 rings (SSSR count). The van der Waals surface area contributed by atoms with Gasteiger partial charge in [0, 0.05) is 50.4 Å². The third kappa shape index (κ3) is 4.44. The van der Waals surface area contributed by atoms with Crippen molar-refractivity contribution in [3.63, 3.8) is 0 Å². The summed E-state index contributed by atoms with van der Waals surface area (Å²) >= 11 is 0. The van der Waals surface area contributed by atoms with E-state index in [1.165, 1.54) is 0 Å². The number of rotatable bonds is 5. The molecule has 0 saturated carbocycles. The molecule has 0 radical (unpaired) electrons. The van der Waals surface area contributed by atoms with Crippen LogP contribution in [0.3, 0.4) is 0 Å². The minimum Gasteiger partial charge on any atom is -0.419 e. The molecule has 3 heterocycles.